The topological polar surface area (TPSA) is 34.5 Å². The van der Waals surface area contributed by atoms with Gasteiger partial charge in [0.05, 0.1) is 18.8 Å². The SMILES string of the molecule is CN(CC(=O)c1cccn1C)CC1CCCOC1. The second-order valence-corrected chi connectivity index (χ2v) is 5.21. The van der Waals surface area contributed by atoms with Crippen molar-refractivity contribution in [2.45, 2.75) is 12.8 Å². The van der Waals surface area contributed by atoms with Crippen molar-refractivity contribution in [3.05, 3.63) is 24.0 Å². The van der Waals surface area contributed by atoms with Gasteiger partial charge in [-0.05, 0) is 37.9 Å². The third-order valence-electron chi connectivity index (χ3n) is 3.47. The van der Waals surface area contributed by atoms with Crippen molar-refractivity contribution < 1.29 is 9.53 Å². The van der Waals surface area contributed by atoms with Crippen LogP contribution in [0.15, 0.2) is 18.3 Å². The first-order valence-electron chi connectivity index (χ1n) is 6.57. The molecule has 18 heavy (non-hydrogen) atoms. The van der Waals surface area contributed by atoms with Crippen LogP contribution in [0.1, 0.15) is 23.3 Å². The number of rotatable bonds is 5. The quantitative estimate of drug-likeness (QED) is 0.744. The number of ether oxygens (including phenoxy) is 1. The molecule has 1 aliphatic heterocycles. The van der Waals surface area contributed by atoms with Crippen molar-refractivity contribution >= 4 is 5.78 Å². The molecular weight excluding hydrogens is 228 g/mol. The zero-order valence-corrected chi connectivity index (χ0v) is 11.3. The predicted molar refractivity (Wildman–Crippen MR) is 70.8 cm³/mol. The van der Waals surface area contributed by atoms with Gasteiger partial charge in [-0.2, -0.15) is 0 Å². The minimum absolute atomic E-state index is 0.182. The van der Waals surface area contributed by atoms with E-state index in [2.05, 4.69) is 4.90 Å². The Morgan fingerprint density at radius 2 is 2.44 bits per heavy atom. The highest BCUT2D eigenvalue weighted by atomic mass is 16.5. The molecule has 2 rings (SSSR count). The average molecular weight is 250 g/mol. The van der Waals surface area contributed by atoms with Crippen LogP contribution in [0.4, 0.5) is 0 Å². The molecule has 0 spiro atoms. The van der Waals surface area contributed by atoms with Crippen LogP contribution in [0.5, 0.6) is 0 Å². The van der Waals surface area contributed by atoms with Gasteiger partial charge >= 0.3 is 0 Å². The molecule has 2 heterocycles. The fourth-order valence-corrected chi connectivity index (χ4v) is 2.53. The van der Waals surface area contributed by atoms with Gasteiger partial charge in [0.2, 0.25) is 0 Å². The molecule has 1 aromatic heterocycles. The summed E-state index contributed by atoms with van der Waals surface area (Å²) < 4.78 is 7.34. The van der Waals surface area contributed by atoms with Gasteiger partial charge in [0.25, 0.3) is 0 Å². The van der Waals surface area contributed by atoms with Crippen molar-refractivity contribution in [2.75, 3.05) is 33.4 Å². The molecule has 0 saturated carbocycles. The van der Waals surface area contributed by atoms with Crippen LogP contribution in [0, 0.1) is 5.92 Å². The number of Topliss-reactive ketones (excluding diaryl/α,β-unsaturated/α-hetero) is 1. The van der Waals surface area contributed by atoms with Crippen molar-refractivity contribution in [2.24, 2.45) is 13.0 Å². The van der Waals surface area contributed by atoms with E-state index < -0.39 is 0 Å². The molecule has 1 fully saturated rings. The standard InChI is InChI=1S/C14H22N2O2/c1-15(9-12-5-4-8-18-11-12)10-14(17)13-6-3-7-16(13)2/h3,6-7,12H,4-5,8-11H2,1-2H3. The van der Waals surface area contributed by atoms with E-state index in [0.717, 1.165) is 31.9 Å². The first-order valence-corrected chi connectivity index (χ1v) is 6.57. The van der Waals surface area contributed by atoms with Gasteiger partial charge in [0, 0.05) is 26.4 Å². The lowest BCUT2D eigenvalue weighted by molar-refractivity contribution is 0.0415. The van der Waals surface area contributed by atoms with E-state index in [1.54, 1.807) is 0 Å². The maximum absolute atomic E-state index is 12.1. The molecule has 1 unspecified atom stereocenters. The number of carbonyl (C=O) groups is 1. The fraction of sp³-hybridized carbons (Fsp3) is 0.643. The van der Waals surface area contributed by atoms with E-state index in [0.29, 0.717) is 12.5 Å². The normalized spacial score (nSPS) is 20.3. The van der Waals surface area contributed by atoms with Gasteiger partial charge in [-0.15, -0.1) is 0 Å². The summed E-state index contributed by atoms with van der Waals surface area (Å²) in [5.74, 6) is 0.756. The van der Waals surface area contributed by atoms with Gasteiger partial charge in [-0.1, -0.05) is 0 Å². The minimum atomic E-state index is 0.182. The fourth-order valence-electron chi connectivity index (χ4n) is 2.53. The van der Waals surface area contributed by atoms with Crippen LogP contribution in [0.2, 0.25) is 0 Å². The van der Waals surface area contributed by atoms with Gasteiger partial charge in [0.15, 0.2) is 5.78 Å². The molecule has 1 atom stereocenters. The predicted octanol–water partition coefficient (Wildman–Crippen LogP) is 1.57. The summed E-state index contributed by atoms with van der Waals surface area (Å²) in [5, 5.41) is 0. The summed E-state index contributed by atoms with van der Waals surface area (Å²) in [6.45, 7) is 3.15. The van der Waals surface area contributed by atoms with E-state index in [9.17, 15) is 4.79 Å². The molecule has 0 aliphatic carbocycles. The van der Waals surface area contributed by atoms with Gasteiger partial charge in [0.1, 0.15) is 0 Å². The van der Waals surface area contributed by atoms with Crippen molar-refractivity contribution in [3.63, 3.8) is 0 Å². The number of hydrogen-bond acceptors (Lipinski definition) is 3. The summed E-state index contributed by atoms with van der Waals surface area (Å²) in [7, 11) is 3.91. The van der Waals surface area contributed by atoms with E-state index in [1.807, 2.05) is 37.0 Å². The number of aryl methyl sites for hydroxylation is 1. The molecular formula is C14H22N2O2. The number of aromatic nitrogens is 1. The molecule has 4 heteroatoms. The monoisotopic (exact) mass is 250 g/mol. The Kier molecular flexibility index (Phi) is 4.55. The first kappa shape index (κ1) is 13.3. The van der Waals surface area contributed by atoms with Crippen molar-refractivity contribution in [1.82, 2.24) is 9.47 Å². The third-order valence-corrected chi connectivity index (χ3v) is 3.47. The second kappa shape index (κ2) is 6.16. The maximum Gasteiger partial charge on any atom is 0.193 e. The molecule has 4 nitrogen and oxygen atoms in total. The number of hydrogen-bond donors (Lipinski definition) is 0. The highest BCUT2D eigenvalue weighted by molar-refractivity contribution is 5.96. The summed E-state index contributed by atoms with van der Waals surface area (Å²) in [4.78, 5) is 14.2. The van der Waals surface area contributed by atoms with Crippen LogP contribution in [0.3, 0.4) is 0 Å². The third kappa shape index (κ3) is 3.43. The Bertz CT molecular complexity index is 394. The molecule has 1 aliphatic rings. The molecule has 0 aromatic carbocycles. The molecule has 1 aromatic rings. The van der Waals surface area contributed by atoms with E-state index in [-0.39, 0.29) is 5.78 Å². The Hall–Kier alpha value is -1.13. The maximum atomic E-state index is 12.1. The lowest BCUT2D eigenvalue weighted by Gasteiger charge is -2.26. The Labute approximate surface area is 109 Å². The highest BCUT2D eigenvalue weighted by Gasteiger charge is 2.18. The lowest BCUT2D eigenvalue weighted by Crippen LogP contribution is -2.34. The summed E-state index contributed by atoms with van der Waals surface area (Å²) in [5.41, 5.74) is 0.779. The molecule has 100 valence electrons. The van der Waals surface area contributed by atoms with Gasteiger partial charge < -0.3 is 9.30 Å². The van der Waals surface area contributed by atoms with Crippen LogP contribution in [-0.4, -0.2) is 48.6 Å². The Balaban J connectivity index is 1.81. The number of likely N-dealkylation sites (N-methyl/N-ethyl adjacent to an activating group) is 1. The Morgan fingerprint density at radius 1 is 1.61 bits per heavy atom. The van der Waals surface area contributed by atoms with Crippen LogP contribution >= 0.6 is 0 Å². The molecule has 0 amide bonds. The zero-order valence-electron chi connectivity index (χ0n) is 11.3. The smallest absolute Gasteiger partial charge is 0.193 e. The second-order valence-electron chi connectivity index (χ2n) is 5.21. The number of nitrogens with zero attached hydrogens (tertiary/aromatic N) is 2. The summed E-state index contributed by atoms with van der Waals surface area (Å²) in [6.07, 6.45) is 4.26. The van der Waals surface area contributed by atoms with Crippen LogP contribution in [-0.2, 0) is 11.8 Å². The lowest BCUT2D eigenvalue weighted by atomic mass is 10.0. The first-order chi connectivity index (χ1) is 8.66. The number of carbonyl (C=O) groups excluding carboxylic acids is 1. The van der Waals surface area contributed by atoms with E-state index >= 15 is 0 Å². The van der Waals surface area contributed by atoms with E-state index in [1.165, 1.54) is 6.42 Å². The van der Waals surface area contributed by atoms with Crippen LogP contribution in [0.25, 0.3) is 0 Å². The molecule has 1 saturated heterocycles. The number of ketones is 1. The molecule has 0 bridgehead atoms. The Morgan fingerprint density at radius 3 is 3.06 bits per heavy atom. The summed E-state index contributed by atoms with van der Waals surface area (Å²) >= 11 is 0. The summed E-state index contributed by atoms with van der Waals surface area (Å²) in [6, 6.07) is 3.78. The largest absolute Gasteiger partial charge is 0.381 e. The van der Waals surface area contributed by atoms with Crippen LogP contribution < -0.4 is 0 Å². The highest BCUT2D eigenvalue weighted by Crippen LogP contribution is 2.14. The average Bonchev–Trinajstić information content (AvgIpc) is 2.76. The zero-order chi connectivity index (χ0) is 13.0. The molecule has 0 radical (unpaired) electrons. The minimum Gasteiger partial charge on any atom is -0.381 e. The van der Waals surface area contributed by atoms with Gasteiger partial charge in [-0.25, -0.2) is 0 Å². The van der Waals surface area contributed by atoms with Crippen molar-refractivity contribution in [3.8, 4) is 0 Å². The molecule has 0 N–H and O–H groups in total. The van der Waals surface area contributed by atoms with Gasteiger partial charge in [-0.3, -0.25) is 9.69 Å². The van der Waals surface area contributed by atoms with Crippen molar-refractivity contribution in [1.29, 1.82) is 0 Å². The van der Waals surface area contributed by atoms with E-state index in [4.69, 9.17) is 4.74 Å².